The molecule has 1 fully saturated rings. The van der Waals surface area contributed by atoms with Gasteiger partial charge in [-0.25, -0.2) is 0 Å². The van der Waals surface area contributed by atoms with Gasteiger partial charge in [-0.1, -0.05) is 26.0 Å². The third kappa shape index (κ3) is 3.97. The summed E-state index contributed by atoms with van der Waals surface area (Å²) >= 11 is 0. The number of piperidine rings is 1. The van der Waals surface area contributed by atoms with E-state index in [1.807, 2.05) is 36.2 Å². The van der Waals surface area contributed by atoms with Gasteiger partial charge in [0.2, 0.25) is 5.91 Å². The molecule has 4 nitrogen and oxygen atoms in total. The predicted octanol–water partition coefficient (Wildman–Crippen LogP) is 2.00. The first-order valence-corrected chi connectivity index (χ1v) is 7.83. The number of benzene rings is 1. The van der Waals surface area contributed by atoms with Crippen molar-refractivity contribution in [1.29, 1.82) is 0 Å². The van der Waals surface area contributed by atoms with Crippen molar-refractivity contribution in [3.05, 3.63) is 29.8 Å². The Kier molecular flexibility index (Phi) is 5.23. The lowest BCUT2D eigenvalue weighted by Crippen LogP contribution is -2.50. The fraction of sp³-hybridized carbons (Fsp3) is 0.588. The van der Waals surface area contributed by atoms with Crippen LogP contribution in [0.25, 0.3) is 0 Å². The summed E-state index contributed by atoms with van der Waals surface area (Å²) in [6, 6.07) is 7.93. The number of anilines is 1. The van der Waals surface area contributed by atoms with Crippen molar-refractivity contribution in [1.82, 2.24) is 9.80 Å². The molecule has 2 rings (SSSR count). The number of hydrogen-bond acceptors (Lipinski definition) is 3. The van der Waals surface area contributed by atoms with Crippen LogP contribution >= 0.6 is 0 Å². The van der Waals surface area contributed by atoms with E-state index >= 15 is 0 Å². The zero-order valence-electron chi connectivity index (χ0n) is 13.4. The Balaban J connectivity index is 1.94. The van der Waals surface area contributed by atoms with Gasteiger partial charge >= 0.3 is 0 Å². The Morgan fingerprint density at radius 1 is 1.38 bits per heavy atom. The quantitative estimate of drug-likeness (QED) is 0.863. The number of carbonyl (C=O) groups excluding carboxylic acids is 1. The lowest BCUT2D eigenvalue weighted by Gasteiger charge is -2.41. The lowest BCUT2D eigenvalue weighted by molar-refractivity contribution is -0.133. The number of amides is 1. The molecule has 1 saturated heterocycles. The van der Waals surface area contributed by atoms with Gasteiger partial charge in [-0.15, -0.1) is 0 Å². The van der Waals surface area contributed by atoms with Gasteiger partial charge in [0.1, 0.15) is 0 Å². The van der Waals surface area contributed by atoms with Gasteiger partial charge < -0.3 is 15.5 Å². The van der Waals surface area contributed by atoms with E-state index in [4.69, 9.17) is 5.73 Å². The summed E-state index contributed by atoms with van der Waals surface area (Å²) < 4.78 is 0. The van der Waals surface area contributed by atoms with Crippen LogP contribution in [0, 0.1) is 5.92 Å². The van der Waals surface area contributed by atoms with Crippen molar-refractivity contribution in [2.24, 2.45) is 5.92 Å². The van der Waals surface area contributed by atoms with Crippen LogP contribution in [0.3, 0.4) is 0 Å². The fourth-order valence-corrected chi connectivity index (χ4v) is 3.20. The van der Waals surface area contributed by atoms with E-state index < -0.39 is 0 Å². The van der Waals surface area contributed by atoms with E-state index in [9.17, 15) is 4.79 Å². The standard InChI is InChI=1S/C17H27N3O/c1-4-20-10-9-16(13(2)12-20)19(3)17(21)11-14-5-7-15(18)8-6-14/h5-8,13,16H,4,9-12,18H2,1-3H3. The van der Waals surface area contributed by atoms with Crippen molar-refractivity contribution in [3.63, 3.8) is 0 Å². The number of rotatable bonds is 4. The SMILES string of the molecule is CCN1CCC(N(C)C(=O)Cc2ccc(N)cc2)C(C)C1. The average molecular weight is 289 g/mol. The summed E-state index contributed by atoms with van der Waals surface area (Å²) in [6.45, 7) is 7.72. The normalized spacial score (nSPS) is 23.0. The molecule has 1 heterocycles. The van der Waals surface area contributed by atoms with Crippen molar-refractivity contribution in [3.8, 4) is 0 Å². The summed E-state index contributed by atoms with van der Waals surface area (Å²) in [7, 11) is 1.95. The van der Waals surface area contributed by atoms with Gasteiger partial charge in [-0.3, -0.25) is 4.79 Å². The summed E-state index contributed by atoms with van der Waals surface area (Å²) in [4.78, 5) is 16.9. The molecule has 0 saturated carbocycles. The Morgan fingerprint density at radius 2 is 2.05 bits per heavy atom. The number of likely N-dealkylation sites (N-methyl/N-ethyl adjacent to an activating group) is 1. The molecule has 0 radical (unpaired) electrons. The molecule has 116 valence electrons. The molecule has 2 unspecified atom stereocenters. The second kappa shape index (κ2) is 6.94. The van der Waals surface area contributed by atoms with E-state index in [1.54, 1.807) is 0 Å². The molecule has 0 bridgehead atoms. The van der Waals surface area contributed by atoms with Crippen molar-refractivity contribution >= 4 is 11.6 Å². The Hall–Kier alpha value is -1.55. The second-order valence-electron chi connectivity index (χ2n) is 6.15. The third-order valence-electron chi connectivity index (χ3n) is 4.62. The number of nitrogens with two attached hydrogens (primary N) is 1. The Bertz CT molecular complexity index is 471. The molecular formula is C17H27N3O. The molecule has 1 aromatic rings. The summed E-state index contributed by atoms with van der Waals surface area (Å²) in [5, 5.41) is 0. The van der Waals surface area contributed by atoms with Gasteiger partial charge in [0.15, 0.2) is 0 Å². The van der Waals surface area contributed by atoms with Crippen molar-refractivity contribution in [2.75, 3.05) is 32.4 Å². The maximum atomic E-state index is 12.5. The number of hydrogen-bond donors (Lipinski definition) is 1. The predicted molar refractivity (Wildman–Crippen MR) is 87.0 cm³/mol. The van der Waals surface area contributed by atoms with Crippen LogP contribution in [-0.4, -0.2) is 48.4 Å². The maximum absolute atomic E-state index is 12.5. The topological polar surface area (TPSA) is 49.6 Å². The smallest absolute Gasteiger partial charge is 0.226 e. The first-order chi connectivity index (χ1) is 10.0. The highest BCUT2D eigenvalue weighted by molar-refractivity contribution is 5.79. The minimum Gasteiger partial charge on any atom is -0.399 e. The van der Waals surface area contributed by atoms with Gasteiger partial charge in [-0.2, -0.15) is 0 Å². The summed E-state index contributed by atoms with van der Waals surface area (Å²) in [6.07, 6.45) is 1.52. The zero-order chi connectivity index (χ0) is 15.4. The van der Waals surface area contributed by atoms with Crippen LogP contribution in [-0.2, 0) is 11.2 Å². The van der Waals surface area contributed by atoms with Crippen LogP contribution < -0.4 is 5.73 Å². The van der Waals surface area contributed by atoms with E-state index in [0.29, 0.717) is 18.4 Å². The molecular weight excluding hydrogens is 262 g/mol. The molecule has 1 aromatic carbocycles. The van der Waals surface area contributed by atoms with Gasteiger partial charge in [0, 0.05) is 31.9 Å². The molecule has 4 heteroatoms. The number of nitrogens with zero attached hydrogens (tertiary/aromatic N) is 2. The molecule has 1 aliphatic heterocycles. The van der Waals surface area contributed by atoms with Gasteiger partial charge in [-0.05, 0) is 36.6 Å². The molecule has 0 spiro atoms. The minimum atomic E-state index is 0.196. The van der Waals surface area contributed by atoms with Gasteiger partial charge in [0.25, 0.3) is 0 Å². The number of likely N-dealkylation sites (tertiary alicyclic amines) is 1. The van der Waals surface area contributed by atoms with Crippen LogP contribution in [0.2, 0.25) is 0 Å². The molecule has 1 amide bonds. The Labute approximate surface area is 127 Å². The second-order valence-corrected chi connectivity index (χ2v) is 6.15. The largest absolute Gasteiger partial charge is 0.399 e. The van der Waals surface area contributed by atoms with E-state index in [-0.39, 0.29) is 5.91 Å². The van der Waals surface area contributed by atoms with Crippen LogP contribution in [0.4, 0.5) is 5.69 Å². The highest BCUT2D eigenvalue weighted by Gasteiger charge is 2.30. The molecule has 0 aromatic heterocycles. The highest BCUT2D eigenvalue weighted by atomic mass is 16.2. The number of carbonyl (C=O) groups is 1. The minimum absolute atomic E-state index is 0.196. The van der Waals surface area contributed by atoms with Crippen molar-refractivity contribution < 1.29 is 4.79 Å². The van der Waals surface area contributed by atoms with Crippen LogP contribution in [0.5, 0.6) is 0 Å². The molecule has 2 atom stereocenters. The van der Waals surface area contributed by atoms with Crippen molar-refractivity contribution in [2.45, 2.75) is 32.7 Å². The fourth-order valence-electron chi connectivity index (χ4n) is 3.20. The van der Waals surface area contributed by atoms with Gasteiger partial charge in [0.05, 0.1) is 6.42 Å². The number of nitrogen functional groups attached to an aromatic ring is 1. The van der Waals surface area contributed by atoms with E-state index in [2.05, 4.69) is 18.7 Å². The third-order valence-corrected chi connectivity index (χ3v) is 4.62. The highest BCUT2D eigenvalue weighted by Crippen LogP contribution is 2.21. The molecule has 0 aliphatic carbocycles. The monoisotopic (exact) mass is 289 g/mol. The van der Waals surface area contributed by atoms with E-state index in [1.165, 1.54) is 0 Å². The Morgan fingerprint density at radius 3 is 2.62 bits per heavy atom. The summed E-state index contributed by atoms with van der Waals surface area (Å²) in [5.74, 6) is 0.723. The first-order valence-electron chi connectivity index (χ1n) is 7.83. The zero-order valence-corrected chi connectivity index (χ0v) is 13.4. The lowest BCUT2D eigenvalue weighted by atomic mass is 9.92. The molecule has 1 aliphatic rings. The summed E-state index contributed by atoms with van der Waals surface area (Å²) in [5.41, 5.74) is 7.44. The molecule has 21 heavy (non-hydrogen) atoms. The average Bonchev–Trinajstić information content (AvgIpc) is 2.48. The first kappa shape index (κ1) is 15.8. The molecule has 2 N–H and O–H groups in total. The maximum Gasteiger partial charge on any atom is 0.226 e. The van der Waals surface area contributed by atoms with Crippen LogP contribution in [0.15, 0.2) is 24.3 Å². The van der Waals surface area contributed by atoms with Crippen LogP contribution in [0.1, 0.15) is 25.8 Å². The van der Waals surface area contributed by atoms with E-state index in [0.717, 1.165) is 37.3 Å².